The number of fused-ring (bicyclic) bond motifs is 6. The summed E-state index contributed by atoms with van der Waals surface area (Å²) in [6.07, 6.45) is 8.17. The average molecular weight is 292 g/mol. The number of rotatable bonds is 0. The SMILES string of the molecule is O=C1/C=C\C=C/c2ccc(O)c(c2)Oc2ccc(cc2)CC1. The molecule has 22 heavy (non-hydrogen) atoms. The Bertz CT molecular complexity index is 740. The molecule has 0 saturated heterocycles. The predicted octanol–water partition coefficient (Wildman–Crippen LogP) is 4.27. The van der Waals surface area contributed by atoms with E-state index in [1.165, 1.54) is 0 Å². The highest BCUT2D eigenvalue weighted by Crippen LogP contribution is 2.32. The number of carbonyl (C=O) groups is 1. The van der Waals surface area contributed by atoms with Crippen molar-refractivity contribution in [2.24, 2.45) is 0 Å². The third-order valence-corrected chi connectivity index (χ3v) is 3.48. The lowest BCUT2D eigenvalue weighted by Crippen LogP contribution is -1.95. The van der Waals surface area contributed by atoms with E-state index >= 15 is 0 Å². The molecule has 0 atom stereocenters. The van der Waals surface area contributed by atoms with E-state index in [1.54, 1.807) is 36.4 Å². The summed E-state index contributed by atoms with van der Waals surface area (Å²) in [4.78, 5) is 11.8. The second-order valence-corrected chi connectivity index (χ2v) is 5.16. The van der Waals surface area contributed by atoms with Crippen LogP contribution in [-0.4, -0.2) is 10.9 Å². The van der Waals surface area contributed by atoms with E-state index < -0.39 is 0 Å². The molecule has 1 N–H and O–H groups in total. The highest BCUT2D eigenvalue weighted by Gasteiger charge is 2.06. The van der Waals surface area contributed by atoms with Gasteiger partial charge < -0.3 is 9.84 Å². The van der Waals surface area contributed by atoms with Crippen LogP contribution in [0.1, 0.15) is 17.5 Å². The highest BCUT2D eigenvalue weighted by atomic mass is 16.5. The number of allylic oxidation sites excluding steroid dienone is 3. The van der Waals surface area contributed by atoms with Gasteiger partial charge in [0.05, 0.1) is 0 Å². The van der Waals surface area contributed by atoms with Crippen LogP contribution in [0.2, 0.25) is 0 Å². The number of hydrogen-bond donors (Lipinski definition) is 1. The number of ether oxygens (including phenoxy) is 1. The molecule has 2 aliphatic heterocycles. The van der Waals surface area contributed by atoms with Gasteiger partial charge in [0.15, 0.2) is 17.3 Å². The predicted molar refractivity (Wildman–Crippen MR) is 86.1 cm³/mol. The minimum absolute atomic E-state index is 0.0938. The number of hydrogen-bond acceptors (Lipinski definition) is 3. The summed E-state index contributed by atoms with van der Waals surface area (Å²) in [6.45, 7) is 0. The van der Waals surface area contributed by atoms with Gasteiger partial charge in [-0.2, -0.15) is 0 Å². The van der Waals surface area contributed by atoms with Gasteiger partial charge >= 0.3 is 0 Å². The lowest BCUT2D eigenvalue weighted by atomic mass is 10.1. The quantitative estimate of drug-likeness (QED) is 0.788. The zero-order chi connectivity index (χ0) is 15.4. The van der Waals surface area contributed by atoms with Gasteiger partial charge in [-0.15, -0.1) is 0 Å². The Morgan fingerprint density at radius 3 is 2.50 bits per heavy atom. The molecular formula is C19H16O3. The summed E-state index contributed by atoms with van der Waals surface area (Å²) < 4.78 is 5.73. The van der Waals surface area contributed by atoms with E-state index in [2.05, 4.69) is 0 Å². The van der Waals surface area contributed by atoms with Crippen LogP contribution in [0.15, 0.2) is 60.7 Å². The van der Waals surface area contributed by atoms with Crippen LogP contribution in [0.25, 0.3) is 6.08 Å². The van der Waals surface area contributed by atoms with Gasteiger partial charge in [0.25, 0.3) is 0 Å². The summed E-state index contributed by atoms with van der Waals surface area (Å²) in [5.41, 5.74) is 1.97. The Morgan fingerprint density at radius 1 is 0.909 bits per heavy atom. The third kappa shape index (κ3) is 3.44. The van der Waals surface area contributed by atoms with Crippen molar-refractivity contribution in [3.63, 3.8) is 0 Å². The fourth-order valence-corrected chi connectivity index (χ4v) is 2.25. The Labute approximate surface area is 129 Å². The van der Waals surface area contributed by atoms with Gasteiger partial charge in [0.1, 0.15) is 5.75 Å². The van der Waals surface area contributed by atoms with Crippen molar-refractivity contribution in [1.82, 2.24) is 0 Å². The average Bonchev–Trinajstić information content (AvgIpc) is 2.54. The molecule has 0 amide bonds. The van der Waals surface area contributed by atoms with Crippen LogP contribution in [0.5, 0.6) is 17.2 Å². The molecule has 0 saturated carbocycles. The van der Waals surface area contributed by atoms with Crippen molar-refractivity contribution in [2.45, 2.75) is 12.8 Å². The van der Waals surface area contributed by atoms with Crippen LogP contribution in [0.4, 0.5) is 0 Å². The fourth-order valence-electron chi connectivity index (χ4n) is 2.25. The number of benzene rings is 2. The van der Waals surface area contributed by atoms with Crippen molar-refractivity contribution >= 4 is 11.9 Å². The zero-order valence-electron chi connectivity index (χ0n) is 12.0. The van der Waals surface area contributed by atoms with E-state index in [1.807, 2.05) is 30.3 Å². The number of phenols is 1. The first-order valence-electron chi connectivity index (χ1n) is 7.18. The van der Waals surface area contributed by atoms with Gasteiger partial charge in [0.2, 0.25) is 0 Å². The van der Waals surface area contributed by atoms with Crippen LogP contribution in [-0.2, 0) is 11.2 Å². The molecule has 3 heteroatoms. The molecule has 4 bridgehead atoms. The van der Waals surface area contributed by atoms with Gasteiger partial charge in [0, 0.05) is 6.42 Å². The normalized spacial score (nSPS) is 17.2. The van der Waals surface area contributed by atoms with Crippen LogP contribution in [0.3, 0.4) is 0 Å². The second kappa shape index (κ2) is 6.31. The molecule has 2 aliphatic rings. The molecule has 0 spiro atoms. The molecular weight excluding hydrogens is 276 g/mol. The van der Waals surface area contributed by atoms with Gasteiger partial charge in [-0.05, 0) is 47.9 Å². The lowest BCUT2D eigenvalue weighted by Gasteiger charge is -2.09. The smallest absolute Gasteiger partial charge is 0.169 e. The molecule has 2 heterocycles. The topological polar surface area (TPSA) is 46.5 Å². The molecule has 2 aromatic carbocycles. The maximum Gasteiger partial charge on any atom is 0.169 e. The van der Waals surface area contributed by atoms with Gasteiger partial charge in [-0.25, -0.2) is 0 Å². The first-order valence-corrected chi connectivity index (χ1v) is 7.18. The zero-order valence-corrected chi connectivity index (χ0v) is 12.0. The van der Waals surface area contributed by atoms with Crippen molar-refractivity contribution in [2.75, 3.05) is 0 Å². The van der Waals surface area contributed by atoms with E-state index in [9.17, 15) is 9.90 Å². The minimum atomic E-state index is 0.0938. The third-order valence-electron chi connectivity index (χ3n) is 3.48. The molecule has 0 aliphatic carbocycles. The first kappa shape index (κ1) is 14.1. The molecule has 0 radical (unpaired) electrons. The molecule has 2 aromatic rings. The number of aromatic hydroxyl groups is 1. The second-order valence-electron chi connectivity index (χ2n) is 5.16. The number of phenolic OH excluding ortho intramolecular Hbond substituents is 1. The summed E-state index contributed by atoms with van der Waals surface area (Å²) in [5.74, 6) is 1.26. The molecule has 110 valence electrons. The van der Waals surface area contributed by atoms with Crippen molar-refractivity contribution in [3.8, 4) is 17.2 Å². The monoisotopic (exact) mass is 292 g/mol. The standard InChI is InChI=1S/C19H16O3/c20-16-4-2-1-3-15-8-12-18(21)19(13-15)22-17-10-6-14(5-9-16)7-11-17/h1-4,6-8,10-13,21H,5,9H2/b3-1-,4-2-. The largest absolute Gasteiger partial charge is 0.504 e. The summed E-state index contributed by atoms with van der Waals surface area (Å²) in [5, 5.41) is 9.91. The Morgan fingerprint density at radius 2 is 1.68 bits per heavy atom. The van der Waals surface area contributed by atoms with Crippen LogP contribution in [0, 0.1) is 0 Å². The molecule has 0 unspecified atom stereocenters. The maximum atomic E-state index is 11.8. The number of aryl methyl sites for hydroxylation is 1. The Hall–Kier alpha value is -2.81. The van der Waals surface area contributed by atoms with Crippen molar-refractivity contribution in [3.05, 3.63) is 71.8 Å². The van der Waals surface area contributed by atoms with Crippen LogP contribution < -0.4 is 4.74 Å². The molecule has 0 aromatic heterocycles. The van der Waals surface area contributed by atoms with Crippen LogP contribution >= 0.6 is 0 Å². The molecule has 0 fully saturated rings. The number of carbonyl (C=O) groups excluding carboxylic acids is 1. The summed E-state index contributed by atoms with van der Waals surface area (Å²) >= 11 is 0. The first-order chi connectivity index (χ1) is 10.7. The lowest BCUT2D eigenvalue weighted by molar-refractivity contribution is -0.114. The summed E-state index contributed by atoms with van der Waals surface area (Å²) in [6, 6.07) is 12.7. The van der Waals surface area contributed by atoms with E-state index in [4.69, 9.17) is 4.74 Å². The van der Waals surface area contributed by atoms with E-state index in [0.717, 1.165) is 11.1 Å². The van der Waals surface area contributed by atoms with E-state index in [0.29, 0.717) is 24.3 Å². The van der Waals surface area contributed by atoms with Crippen molar-refractivity contribution in [1.29, 1.82) is 0 Å². The van der Waals surface area contributed by atoms with E-state index in [-0.39, 0.29) is 11.5 Å². The maximum absolute atomic E-state index is 11.8. The Kier molecular flexibility index (Phi) is 4.05. The van der Waals surface area contributed by atoms with Gasteiger partial charge in [-0.3, -0.25) is 4.79 Å². The highest BCUT2D eigenvalue weighted by molar-refractivity contribution is 5.90. The fraction of sp³-hybridized carbons (Fsp3) is 0.105. The molecule has 3 nitrogen and oxygen atoms in total. The minimum Gasteiger partial charge on any atom is -0.504 e. The van der Waals surface area contributed by atoms with Gasteiger partial charge in [-0.1, -0.05) is 36.4 Å². The van der Waals surface area contributed by atoms with Crippen molar-refractivity contribution < 1.29 is 14.6 Å². The number of ketones is 1. The Balaban J connectivity index is 2.00. The molecule has 4 rings (SSSR count). The summed E-state index contributed by atoms with van der Waals surface area (Å²) in [7, 11) is 0.